The van der Waals surface area contributed by atoms with E-state index < -0.39 is 0 Å². The number of carbonyl (C=O) groups excluding carboxylic acids is 1. The number of rotatable bonds is 3. The van der Waals surface area contributed by atoms with E-state index in [0.29, 0.717) is 12.2 Å². The Morgan fingerprint density at radius 2 is 1.75 bits per heavy atom. The summed E-state index contributed by atoms with van der Waals surface area (Å²) in [5.74, 6) is -0.200. The molecular weight excluding hydrogens is 230 g/mol. The van der Waals surface area contributed by atoms with E-state index in [1.54, 1.807) is 0 Å². The first kappa shape index (κ1) is 21.7. The number of aromatic hydroxyl groups is 1. The van der Waals surface area contributed by atoms with Gasteiger partial charge in [0.25, 0.3) is 0 Å². The molecule has 1 aromatic rings. The Hall–Kier alpha value is 0.450. The standard InChI is InChI=1S/C10H12O3.2Na.H2O.2H/c1-2-7-13-10(12)8-3-5-9(11)6-4-8;;;;;/h3-6,11H,2,7H2,1H3;;;1H2;;. The molecule has 0 spiro atoms. The molecule has 0 atom stereocenters. The summed E-state index contributed by atoms with van der Waals surface area (Å²) >= 11 is 0. The maximum atomic E-state index is 11.2. The van der Waals surface area contributed by atoms with Gasteiger partial charge in [-0.1, -0.05) is 6.92 Å². The van der Waals surface area contributed by atoms with Gasteiger partial charge in [0.05, 0.1) is 12.2 Å². The zero-order valence-electron chi connectivity index (χ0n) is 7.99. The molecule has 0 radical (unpaired) electrons. The number of hydrogen-bond donors (Lipinski definition) is 1. The molecule has 6 heteroatoms. The van der Waals surface area contributed by atoms with Crippen LogP contribution in [0, 0.1) is 0 Å². The molecule has 1 aromatic carbocycles. The number of hydrogen-bond acceptors (Lipinski definition) is 3. The Labute approximate surface area is 139 Å². The molecule has 0 aliphatic carbocycles. The normalized spacial score (nSPS) is 7.81. The molecule has 4 nitrogen and oxygen atoms in total. The third kappa shape index (κ3) is 7.68. The van der Waals surface area contributed by atoms with E-state index in [1.807, 2.05) is 6.92 Å². The quantitative estimate of drug-likeness (QED) is 0.594. The first-order chi connectivity index (χ1) is 6.24. The van der Waals surface area contributed by atoms with Crippen LogP contribution < -0.4 is 0 Å². The van der Waals surface area contributed by atoms with Crippen LogP contribution in [0.15, 0.2) is 24.3 Å². The predicted octanol–water partition coefficient (Wildman–Crippen LogP) is -0.163. The molecule has 0 amide bonds. The predicted molar refractivity (Wildman–Crippen MR) is 66.6 cm³/mol. The Balaban J connectivity index is -0.000000563. The van der Waals surface area contributed by atoms with Gasteiger partial charge in [-0.15, -0.1) is 0 Å². The van der Waals surface area contributed by atoms with Crippen LogP contribution in [-0.4, -0.2) is 82.3 Å². The molecule has 82 valence electrons. The minimum atomic E-state index is -0.346. The third-order valence-electron chi connectivity index (χ3n) is 1.54. The second-order valence-electron chi connectivity index (χ2n) is 2.68. The second kappa shape index (κ2) is 11.9. The van der Waals surface area contributed by atoms with Crippen LogP contribution in [0.5, 0.6) is 5.75 Å². The molecule has 0 aliphatic rings. The first-order valence-corrected chi connectivity index (χ1v) is 4.20. The van der Waals surface area contributed by atoms with Crippen molar-refractivity contribution in [3.8, 4) is 5.75 Å². The van der Waals surface area contributed by atoms with Crippen molar-refractivity contribution >= 4 is 65.1 Å². The Morgan fingerprint density at radius 3 is 2.19 bits per heavy atom. The average Bonchev–Trinajstić information content (AvgIpc) is 2.15. The molecule has 0 fully saturated rings. The average molecular weight is 246 g/mol. The monoisotopic (exact) mass is 246 g/mol. The van der Waals surface area contributed by atoms with E-state index in [4.69, 9.17) is 9.84 Å². The molecule has 1 rings (SSSR count). The van der Waals surface area contributed by atoms with Crippen LogP contribution in [0.3, 0.4) is 0 Å². The summed E-state index contributed by atoms with van der Waals surface area (Å²) in [6.07, 6.45) is 0.809. The van der Waals surface area contributed by atoms with Crippen molar-refractivity contribution in [3.05, 3.63) is 29.8 Å². The van der Waals surface area contributed by atoms with Crippen LogP contribution in [0.25, 0.3) is 0 Å². The summed E-state index contributed by atoms with van der Waals surface area (Å²) < 4.78 is 4.90. The van der Waals surface area contributed by atoms with E-state index in [2.05, 4.69) is 0 Å². The Kier molecular flexibility index (Phi) is 16.2. The maximum absolute atomic E-state index is 11.2. The van der Waals surface area contributed by atoms with Gasteiger partial charge in [-0.05, 0) is 30.7 Å². The van der Waals surface area contributed by atoms with E-state index >= 15 is 0 Å². The van der Waals surface area contributed by atoms with Crippen LogP contribution in [-0.2, 0) is 4.74 Å². The summed E-state index contributed by atoms with van der Waals surface area (Å²) in [6.45, 7) is 2.36. The van der Waals surface area contributed by atoms with Crippen molar-refractivity contribution in [2.45, 2.75) is 13.3 Å². The molecule has 3 N–H and O–H groups in total. The molecule has 0 aliphatic heterocycles. The van der Waals surface area contributed by atoms with Crippen LogP contribution in [0.4, 0.5) is 0 Å². The fraction of sp³-hybridized carbons (Fsp3) is 0.300. The molecular formula is C10H16Na2O4. The number of esters is 1. The molecule has 0 unspecified atom stereocenters. The SMILES string of the molecule is CCCOC(=O)c1ccc(O)cc1.O.[NaH].[NaH]. The van der Waals surface area contributed by atoms with Crippen molar-refractivity contribution in [3.63, 3.8) is 0 Å². The van der Waals surface area contributed by atoms with Gasteiger partial charge in [-0.25, -0.2) is 4.79 Å². The second-order valence-corrected chi connectivity index (χ2v) is 2.68. The van der Waals surface area contributed by atoms with E-state index in [1.165, 1.54) is 24.3 Å². The topological polar surface area (TPSA) is 78.0 Å². The van der Waals surface area contributed by atoms with Crippen molar-refractivity contribution in [1.82, 2.24) is 0 Å². The van der Waals surface area contributed by atoms with Gasteiger partial charge in [0.2, 0.25) is 0 Å². The van der Waals surface area contributed by atoms with Gasteiger partial charge in [-0.2, -0.15) is 0 Å². The van der Waals surface area contributed by atoms with E-state index in [0.717, 1.165) is 6.42 Å². The first-order valence-electron chi connectivity index (χ1n) is 4.20. The van der Waals surface area contributed by atoms with Gasteiger partial charge in [-0.3, -0.25) is 0 Å². The fourth-order valence-corrected chi connectivity index (χ4v) is 0.876. The van der Waals surface area contributed by atoms with Gasteiger partial charge in [0, 0.05) is 0 Å². The van der Waals surface area contributed by atoms with Crippen LogP contribution >= 0.6 is 0 Å². The number of ether oxygens (including phenoxy) is 1. The number of phenols is 1. The number of carbonyl (C=O) groups is 1. The van der Waals surface area contributed by atoms with E-state index in [-0.39, 0.29) is 76.3 Å². The Bertz CT molecular complexity index is 287. The molecule has 0 heterocycles. The molecule has 0 saturated carbocycles. The van der Waals surface area contributed by atoms with Crippen LogP contribution in [0.2, 0.25) is 0 Å². The van der Waals surface area contributed by atoms with E-state index in [9.17, 15) is 4.79 Å². The molecule has 0 aromatic heterocycles. The van der Waals surface area contributed by atoms with Crippen molar-refractivity contribution < 1.29 is 20.1 Å². The van der Waals surface area contributed by atoms with Crippen molar-refractivity contribution in [2.75, 3.05) is 6.61 Å². The molecule has 0 bridgehead atoms. The summed E-state index contributed by atoms with van der Waals surface area (Å²) in [6, 6.07) is 5.99. The third-order valence-corrected chi connectivity index (χ3v) is 1.54. The molecule has 16 heavy (non-hydrogen) atoms. The summed E-state index contributed by atoms with van der Waals surface area (Å²) in [7, 11) is 0. The zero-order chi connectivity index (χ0) is 9.68. The van der Waals surface area contributed by atoms with Gasteiger partial charge in [0.15, 0.2) is 0 Å². The summed E-state index contributed by atoms with van der Waals surface area (Å²) in [4.78, 5) is 11.2. The van der Waals surface area contributed by atoms with Crippen molar-refractivity contribution in [1.29, 1.82) is 0 Å². The van der Waals surface area contributed by atoms with Gasteiger partial charge >= 0.3 is 65.1 Å². The fourth-order valence-electron chi connectivity index (χ4n) is 0.876. The summed E-state index contributed by atoms with van der Waals surface area (Å²) in [5.41, 5.74) is 0.464. The van der Waals surface area contributed by atoms with Gasteiger partial charge in [0.1, 0.15) is 5.75 Å². The number of benzene rings is 1. The van der Waals surface area contributed by atoms with Gasteiger partial charge < -0.3 is 15.3 Å². The zero-order valence-corrected chi connectivity index (χ0v) is 7.99. The van der Waals surface area contributed by atoms with Crippen molar-refractivity contribution in [2.24, 2.45) is 0 Å². The molecule has 0 saturated heterocycles. The van der Waals surface area contributed by atoms with Crippen LogP contribution in [0.1, 0.15) is 23.7 Å². The Morgan fingerprint density at radius 1 is 1.25 bits per heavy atom. The minimum absolute atomic E-state index is 0. The number of phenolic OH excluding ortho intramolecular Hbond substituents is 1. The summed E-state index contributed by atoms with van der Waals surface area (Å²) in [5, 5.41) is 8.96.